The minimum absolute atomic E-state index is 0.113. The number of halogens is 1. The lowest BCUT2D eigenvalue weighted by Gasteiger charge is -2.06. The lowest BCUT2D eigenvalue weighted by atomic mass is 10.2. The van der Waals surface area contributed by atoms with Gasteiger partial charge >= 0.3 is 0 Å². The van der Waals surface area contributed by atoms with Crippen molar-refractivity contribution in [3.63, 3.8) is 0 Å². The molecular weight excluding hydrogens is 350 g/mol. The second-order valence-corrected chi connectivity index (χ2v) is 6.16. The molecule has 1 heterocycles. The van der Waals surface area contributed by atoms with E-state index in [-0.39, 0.29) is 5.56 Å². The molecule has 1 N–H and O–H groups in total. The van der Waals surface area contributed by atoms with Crippen LogP contribution in [0.3, 0.4) is 0 Å². The maximum atomic E-state index is 10.7. The topological polar surface area (TPSA) is 87.2 Å². The van der Waals surface area contributed by atoms with Crippen molar-refractivity contribution in [3.8, 4) is 16.3 Å². The number of hydrogen-bond acceptors (Lipinski definition) is 7. The highest BCUT2D eigenvalue weighted by Gasteiger charge is 2.12. The molecule has 0 amide bonds. The lowest BCUT2D eigenvalue weighted by molar-refractivity contribution is -0.255. The Morgan fingerprint density at radius 1 is 1.21 bits per heavy atom. The molecule has 2 aromatic carbocycles. The number of carboxylic acid groups (broad SMARTS) is 1. The largest absolute Gasteiger partial charge is 0.545 e. The summed E-state index contributed by atoms with van der Waals surface area (Å²) in [4.78, 5) is 10.7. The number of benzene rings is 2. The molecule has 24 heavy (non-hydrogen) atoms. The number of carbonyl (C=O) groups excluding carboxylic acids is 1. The van der Waals surface area contributed by atoms with E-state index in [0.717, 1.165) is 5.56 Å². The van der Waals surface area contributed by atoms with Gasteiger partial charge in [-0.05, 0) is 35.9 Å². The number of anilines is 2. The number of rotatable bonds is 5. The Morgan fingerprint density at radius 2 is 1.96 bits per heavy atom. The van der Waals surface area contributed by atoms with Crippen LogP contribution in [0.4, 0.5) is 10.8 Å². The van der Waals surface area contributed by atoms with Gasteiger partial charge in [-0.2, -0.15) is 0 Å². The molecule has 1 aromatic heterocycles. The maximum absolute atomic E-state index is 10.7. The predicted octanol–water partition coefficient (Wildman–Crippen LogP) is 2.97. The molecule has 0 saturated heterocycles. The highest BCUT2D eigenvalue weighted by Crippen LogP contribution is 2.36. The third-order valence-electron chi connectivity index (χ3n) is 3.19. The Morgan fingerprint density at radius 3 is 2.62 bits per heavy atom. The summed E-state index contributed by atoms with van der Waals surface area (Å²) >= 11 is 7.36. The molecule has 0 atom stereocenters. The fourth-order valence-electron chi connectivity index (χ4n) is 2.04. The van der Waals surface area contributed by atoms with Gasteiger partial charge < -0.3 is 20.0 Å². The average molecular weight is 361 g/mol. The van der Waals surface area contributed by atoms with Crippen molar-refractivity contribution in [1.29, 1.82) is 0 Å². The Hall–Kier alpha value is -2.64. The van der Waals surface area contributed by atoms with E-state index in [1.807, 2.05) is 0 Å². The van der Waals surface area contributed by atoms with Gasteiger partial charge in [0.2, 0.25) is 5.13 Å². The average Bonchev–Trinajstić information content (AvgIpc) is 3.03. The number of aromatic carboxylic acids is 1. The fourth-order valence-corrected chi connectivity index (χ4v) is 3.00. The number of nitrogens with one attached hydrogen (secondary N) is 1. The zero-order valence-electron chi connectivity index (χ0n) is 12.4. The van der Waals surface area contributed by atoms with Crippen LogP contribution in [-0.2, 0) is 0 Å². The molecule has 0 fully saturated rings. The van der Waals surface area contributed by atoms with Gasteiger partial charge in [0.25, 0.3) is 0 Å². The molecule has 3 aromatic rings. The van der Waals surface area contributed by atoms with Gasteiger partial charge in [0.15, 0.2) is 5.01 Å². The van der Waals surface area contributed by atoms with Gasteiger partial charge in [0.05, 0.1) is 18.6 Å². The molecule has 8 heteroatoms. The number of aromatic nitrogens is 2. The Kier molecular flexibility index (Phi) is 4.64. The highest BCUT2D eigenvalue weighted by molar-refractivity contribution is 7.18. The molecule has 0 radical (unpaired) electrons. The van der Waals surface area contributed by atoms with E-state index in [0.29, 0.717) is 26.6 Å². The van der Waals surface area contributed by atoms with E-state index in [1.54, 1.807) is 37.4 Å². The molecule has 0 saturated carbocycles. The molecule has 0 bridgehead atoms. The number of methoxy groups -OCH3 is 1. The van der Waals surface area contributed by atoms with Crippen molar-refractivity contribution in [1.82, 2.24) is 10.2 Å². The smallest absolute Gasteiger partial charge is 0.210 e. The highest BCUT2D eigenvalue weighted by atomic mass is 35.5. The summed E-state index contributed by atoms with van der Waals surface area (Å²) in [5.41, 5.74) is 1.56. The minimum atomic E-state index is -1.21. The molecule has 0 aliphatic heterocycles. The Balaban J connectivity index is 1.83. The zero-order valence-corrected chi connectivity index (χ0v) is 14.0. The van der Waals surface area contributed by atoms with Crippen LogP contribution >= 0.6 is 22.9 Å². The van der Waals surface area contributed by atoms with Crippen LogP contribution in [0.1, 0.15) is 10.4 Å². The van der Waals surface area contributed by atoms with Crippen LogP contribution in [0.2, 0.25) is 5.02 Å². The van der Waals surface area contributed by atoms with Crippen LogP contribution in [0, 0.1) is 0 Å². The van der Waals surface area contributed by atoms with E-state index < -0.39 is 5.97 Å². The molecule has 0 aliphatic rings. The van der Waals surface area contributed by atoms with Gasteiger partial charge in [-0.15, -0.1) is 10.2 Å². The van der Waals surface area contributed by atoms with E-state index in [2.05, 4.69) is 15.5 Å². The number of hydrogen-bond donors (Lipinski definition) is 1. The van der Waals surface area contributed by atoms with E-state index in [4.69, 9.17) is 16.3 Å². The van der Waals surface area contributed by atoms with Gasteiger partial charge in [0, 0.05) is 10.7 Å². The minimum Gasteiger partial charge on any atom is -0.545 e. The van der Waals surface area contributed by atoms with Crippen LogP contribution in [0.15, 0.2) is 42.5 Å². The summed E-state index contributed by atoms with van der Waals surface area (Å²) in [6.45, 7) is 0. The van der Waals surface area contributed by atoms with Gasteiger partial charge in [0.1, 0.15) is 5.75 Å². The molecular formula is C16H11ClN3O3S-. The van der Waals surface area contributed by atoms with Crippen molar-refractivity contribution in [2.75, 3.05) is 12.4 Å². The first-order chi connectivity index (χ1) is 11.6. The first-order valence-electron chi connectivity index (χ1n) is 6.82. The third kappa shape index (κ3) is 3.47. The summed E-state index contributed by atoms with van der Waals surface area (Å²) in [6.07, 6.45) is 0. The molecule has 0 aliphatic carbocycles. The number of nitrogens with zero attached hydrogens (tertiary/aromatic N) is 2. The molecule has 122 valence electrons. The molecule has 0 unspecified atom stereocenters. The van der Waals surface area contributed by atoms with Gasteiger partial charge in [-0.1, -0.05) is 35.1 Å². The number of carbonyl (C=O) groups is 1. The summed E-state index contributed by atoms with van der Waals surface area (Å²) in [6, 6.07) is 11.4. The molecule has 3 rings (SSSR count). The number of ether oxygens (including phenoxy) is 1. The maximum Gasteiger partial charge on any atom is 0.210 e. The Labute approximate surface area is 146 Å². The first-order valence-corrected chi connectivity index (χ1v) is 8.02. The quantitative estimate of drug-likeness (QED) is 0.752. The SMILES string of the molecule is COc1ccc(Cl)cc1-c1nnc(Nc2ccc(C(=O)[O-])cc2)s1. The zero-order chi connectivity index (χ0) is 17.1. The standard InChI is InChI=1S/C16H12ClN3O3S/c1-23-13-7-4-10(17)8-12(13)14-19-20-16(24-14)18-11-5-2-9(3-6-11)15(21)22/h2-8H,1H3,(H,18,20)(H,21,22)/p-1. The van der Waals surface area contributed by atoms with Crippen LogP contribution in [0.5, 0.6) is 5.75 Å². The number of carboxylic acids is 1. The van der Waals surface area contributed by atoms with E-state index in [9.17, 15) is 9.90 Å². The monoisotopic (exact) mass is 360 g/mol. The second kappa shape index (κ2) is 6.86. The van der Waals surface area contributed by atoms with E-state index >= 15 is 0 Å². The van der Waals surface area contributed by atoms with Crippen molar-refractivity contribution in [2.45, 2.75) is 0 Å². The van der Waals surface area contributed by atoms with E-state index in [1.165, 1.54) is 23.5 Å². The normalized spacial score (nSPS) is 10.4. The van der Waals surface area contributed by atoms with Crippen LogP contribution < -0.4 is 15.2 Å². The molecule has 0 spiro atoms. The summed E-state index contributed by atoms with van der Waals surface area (Å²) in [7, 11) is 1.58. The predicted molar refractivity (Wildman–Crippen MR) is 91.0 cm³/mol. The van der Waals surface area contributed by atoms with Gasteiger partial charge in [-0.25, -0.2) is 0 Å². The van der Waals surface area contributed by atoms with Gasteiger partial charge in [-0.3, -0.25) is 0 Å². The summed E-state index contributed by atoms with van der Waals surface area (Å²) in [5.74, 6) is -0.562. The Bertz CT molecular complexity index is 881. The van der Waals surface area contributed by atoms with Crippen molar-refractivity contribution < 1.29 is 14.6 Å². The second-order valence-electron chi connectivity index (χ2n) is 4.75. The summed E-state index contributed by atoms with van der Waals surface area (Å²) < 4.78 is 5.32. The van der Waals surface area contributed by atoms with Crippen molar-refractivity contribution in [3.05, 3.63) is 53.1 Å². The molecule has 6 nitrogen and oxygen atoms in total. The van der Waals surface area contributed by atoms with Crippen molar-refractivity contribution >= 4 is 39.7 Å². The lowest BCUT2D eigenvalue weighted by Crippen LogP contribution is -2.21. The van der Waals surface area contributed by atoms with Crippen LogP contribution in [-0.4, -0.2) is 23.3 Å². The third-order valence-corrected chi connectivity index (χ3v) is 4.30. The van der Waals surface area contributed by atoms with Crippen molar-refractivity contribution in [2.24, 2.45) is 0 Å². The van der Waals surface area contributed by atoms with Crippen LogP contribution in [0.25, 0.3) is 10.6 Å². The first kappa shape index (κ1) is 16.2. The fraction of sp³-hybridized carbons (Fsp3) is 0.0625. The summed E-state index contributed by atoms with van der Waals surface area (Å²) in [5, 5.41) is 23.8.